The van der Waals surface area contributed by atoms with Crippen molar-refractivity contribution in [3.63, 3.8) is 0 Å². The largest absolute Gasteiger partial charge is 0.497 e. The molecule has 0 bridgehead atoms. The summed E-state index contributed by atoms with van der Waals surface area (Å²) >= 11 is 0. The van der Waals surface area contributed by atoms with Gasteiger partial charge < -0.3 is 14.8 Å². The van der Waals surface area contributed by atoms with E-state index >= 15 is 0 Å². The van der Waals surface area contributed by atoms with Crippen molar-refractivity contribution in [3.8, 4) is 11.5 Å². The molecule has 3 amide bonds. The Morgan fingerprint density at radius 1 is 1.11 bits per heavy atom. The van der Waals surface area contributed by atoms with Gasteiger partial charge in [-0.1, -0.05) is 25.3 Å². The monoisotopic (exact) mass is 387 g/mol. The van der Waals surface area contributed by atoms with Gasteiger partial charge in [-0.25, -0.2) is 9.69 Å². The molecule has 3 fully saturated rings. The smallest absolute Gasteiger partial charge is 0.326 e. The van der Waals surface area contributed by atoms with Crippen molar-refractivity contribution in [1.29, 1.82) is 0 Å². The Kier molecular flexibility index (Phi) is 5.19. The van der Waals surface area contributed by atoms with Crippen LogP contribution in [0, 0.1) is 0 Å². The highest BCUT2D eigenvalue weighted by molar-refractivity contribution is 6.07. The average molecular weight is 387 g/mol. The number of carbonyl (C=O) groups is 2. The second-order valence-corrected chi connectivity index (χ2v) is 8.03. The zero-order valence-corrected chi connectivity index (χ0v) is 16.7. The zero-order valence-electron chi connectivity index (χ0n) is 16.7. The summed E-state index contributed by atoms with van der Waals surface area (Å²) < 4.78 is 10.9. The number of hydrogen-bond donors (Lipinski definition) is 1. The fourth-order valence-corrected chi connectivity index (χ4v) is 4.92. The molecule has 1 aliphatic carbocycles. The summed E-state index contributed by atoms with van der Waals surface area (Å²) in [5, 5.41) is 3.00. The Morgan fingerprint density at radius 3 is 2.61 bits per heavy atom. The lowest BCUT2D eigenvalue weighted by molar-refractivity contribution is -0.134. The molecule has 7 nitrogen and oxygen atoms in total. The van der Waals surface area contributed by atoms with Crippen molar-refractivity contribution < 1.29 is 19.1 Å². The normalized spacial score (nSPS) is 24.6. The molecule has 1 N–H and O–H groups in total. The van der Waals surface area contributed by atoms with E-state index in [9.17, 15) is 9.59 Å². The molecule has 1 aromatic carbocycles. The molecule has 28 heavy (non-hydrogen) atoms. The van der Waals surface area contributed by atoms with Gasteiger partial charge in [0.05, 0.1) is 20.9 Å². The number of nitrogens with one attached hydrogen (secondary N) is 1. The first-order valence-electron chi connectivity index (χ1n) is 10.2. The average Bonchev–Trinajstić information content (AvgIpc) is 3.27. The molecular formula is C21H29N3O4. The molecule has 1 aromatic rings. The minimum absolute atomic E-state index is 0.0513. The lowest BCUT2D eigenvalue weighted by Gasteiger charge is -2.32. The first-order chi connectivity index (χ1) is 13.6. The van der Waals surface area contributed by atoms with Crippen LogP contribution in [-0.2, 0) is 4.79 Å². The molecule has 0 aromatic heterocycles. The Hall–Kier alpha value is -2.28. The van der Waals surface area contributed by atoms with Crippen LogP contribution in [-0.4, -0.2) is 54.7 Å². The molecular weight excluding hydrogens is 358 g/mol. The number of amides is 3. The molecule has 1 saturated carbocycles. The minimum Gasteiger partial charge on any atom is -0.497 e. The molecule has 3 aliphatic rings. The highest BCUT2D eigenvalue weighted by Crippen LogP contribution is 2.40. The standard InChI is InChI=1S/C21H29N3O4/c1-27-15-8-9-16(18(13-15)28-2)17-7-6-12-23(17)14-24-19(25)21(22-20(24)26)10-4-3-5-11-21/h8-9,13,17H,3-7,10-12,14H2,1-2H3,(H,22,26)/t17-/m0/s1. The van der Waals surface area contributed by atoms with Gasteiger partial charge in [0.15, 0.2) is 0 Å². The lowest BCUT2D eigenvalue weighted by Crippen LogP contribution is -2.49. The van der Waals surface area contributed by atoms with Crippen molar-refractivity contribution in [2.45, 2.75) is 56.5 Å². The second-order valence-electron chi connectivity index (χ2n) is 8.03. The number of imide groups is 1. The van der Waals surface area contributed by atoms with Crippen LogP contribution in [0.25, 0.3) is 0 Å². The number of nitrogens with zero attached hydrogens (tertiary/aromatic N) is 2. The molecule has 2 aliphatic heterocycles. The first kappa shape index (κ1) is 19.1. The third-order valence-corrected chi connectivity index (χ3v) is 6.44. The lowest BCUT2D eigenvalue weighted by atomic mass is 9.82. The number of benzene rings is 1. The summed E-state index contributed by atoms with van der Waals surface area (Å²) in [4.78, 5) is 29.4. The van der Waals surface area contributed by atoms with Gasteiger partial charge in [0, 0.05) is 24.2 Å². The van der Waals surface area contributed by atoms with Crippen LogP contribution in [0.4, 0.5) is 4.79 Å². The highest BCUT2D eigenvalue weighted by atomic mass is 16.5. The van der Waals surface area contributed by atoms with Crippen LogP contribution in [0.15, 0.2) is 18.2 Å². The van der Waals surface area contributed by atoms with Gasteiger partial charge >= 0.3 is 6.03 Å². The molecule has 1 atom stereocenters. The van der Waals surface area contributed by atoms with E-state index < -0.39 is 5.54 Å². The van der Waals surface area contributed by atoms with Crippen LogP contribution in [0.2, 0.25) is 0 Å². The van der Waals surface area contributed by atoms with E-state index in [0.717, 1.165) is 68.6 Å². The van der Waals surface area contributed by atoms with Gasteiger partial charge in [-0.3, -0.25) is 9.69 Å². The maximum atomic E-state index is 13.1. The quantitative estimate of drug-likeness (QED) is 0.787. The van der Waals surface area contributed by atoms with E-state index in [0.29, 0.717) is 6.67 Å². The van der Waals surface area contributed by atoms with E-state index in [1.807, 2.05) is 18.2 Å². The number of carbonyl (C=O) groups excluding carboxylic acids is 2. The van der Waals surface area contributed by atoms with Gasteiger partial charge in [0.1, 0.15) is 17.0 Å². The van der Waals surface area contributed by atoms with Crippen LogP contribution in [0.1, 0.15) is 56.6 Å². The first-order valence-corrected chi connectivity index (χ1v) is 10.2. The van der Waals surface area contributed by atoms with Gasteiger partial charge in [0.25, 0.3) is 5.91 Å². The predicted octanol–water partition coefficient (Wildman–Crippen LogP) is 3.05. The summed E-state index contributed by atoms with van der Waals surface area (Å²) in [5.41, 5.74) is 0.405. The predicted molar refractivity (Wildman–Crippen MR) is 104 cm³/mol. The molecule has 4 rings (SSSR count). The Balaban J connectivity index is 1.53. The third kappa shape index (κ3) is 3.21. The van der Waals surface area contributed by atoms with E-state index in [2.05, 4.69) is 10.2 Å². The maximum absolute atomic E-state index is 13.1. The number of ether oxygens (including phenoxy) is 2. The molecule has 0 radical (unpaired) electrons. The Bertz CT molecular complexity index is 760. The summed E-state index contributed by atoms with van der Waals surface area (Å²) in [7, 11) is 3.29. The van der Waals surface area contributed by atoms with Crippen LogP contribution in [0.5, 0.6) is 11.5 Å². The minimum atomic E-state index is -0.664. The van der Waals surface area contributed by atoms with Gasteiger partial charge in [-0.05, 0) is 31.7 Å². The summed E-state index contributed by atoms with van der Waals surface area (Å²) in [6, 6.07) is 5.70. The Morgan fingerprint density at radius 2 is 1.89 bits per heavy atom. The maximum Gasteiger partial charge on any atom is 0.326 e. The van der Waals surface area contributed by atoms with Crippen molar-refractivity contribution in [2.24, 2.45) is 0 Å². The van der Waals surface area contributed by atoms with Crippen molar-refractivity contribution in [1.82, 2.24) is 15.1 Å². The van der Waals surface area contributed by atoms with Crippen molar-refractivity contribution >= 4 is 11.9 Å². The van der Waals surface area contributed by atoms with Crippen LogP contribution in [0.3, 0.4) is 0 Å². The summed E-state index contributed by atoms with van der Waals surface area (Å²) in [5.74, 6) is 1.47. The molecule has 2 heterocycles. The topological polar surface area (TPSA) is 71.1 Å². The van der Waals surface area contributed by atoms with Crippen molar-refractivity contribution in [2.75, 3.05) is 27.4 Å². The molecule has 152 valence electrons. The van der Waals surface area contributed by atoms with E-state index in [-0.39, 0.29) is 18.0 Å². The van der Waals surface area contributed by atoms with Crippen LogP contribution < -0.4 is 14.8 Å². The zero-order chi connectivity index (χ0) is 19.7. The number of methoxy groups -OCH3 is 2. The van der Waals surface area contributed by atoms with Crippen molar-refractivity contribution in [3.05, 3.63) is 23.8 Å². The second kappa shape index (κ2) is 7.62. The third-order valence-electron chi connectivity index (χ3n) is 6.44. The molecule has 0 unspecified atom stereocenters. The number of urea groups is 1. The molecule has 7 heteroatoms. The fourth-order valence-electron chi connectivity index (χ4n) is 4.92. The number of hydrogen-bond acceptors (Lipinski definition) is 5. The van der Waals surface area contributed by atoms with Crippen LogP contribution >= 0.6 is 0 Å². The highest BCUT2D eigenvalue weighted by Gasteiger charge is 2.52. The van der Waals surface area contributed by atoms with E-state index in [4.69, 9.17) is 9.47 Å². The fraction of sp³-hybridized carbons (Fsp3) is 0.619. The van der Waals surface area contributed by atoms with Gasteiger partial charge in [0.2, 0.25) is 0 Å². The molecule has 2 saturated heterocycles. The SMILES string of the molecule is COc1ccc([C@@H]2CCCN2CN2C(=O)NC3(CCCCC3)C2=O)c(OC)c1. The van der Waals surface area contributed by atoms with E-state index in [1.54, 1.807) is 14.2 Å². The Labute approximate surface area is 166 Å². The van der Waals surface area contributed by atoms with E-state index in [1.165, 1.54) is 4.90 Å². The van der Waals surface area contributed by atoms with Gasteiger partial charge in [-0.2, -0.15) is 0 Å². The van der Waals surface area contributed by atoms with Gasteiger partial charge in [-0.15, -0.1) is 0 Å². The molecule has 1 spiro atoms. The number of likely N-dealkylation sites (tertiary alicyclic amines) is 1. The summed E-state index contributed by atoms with van der Waals surface area (Å²) in [6.45, 7) is 1.18. The number of rotatable bonds is 5. The summed E-state index contributed by atoms with van der Waals surface area (Å²) in [6.07, 6.45) is 6.63.